The molecule has 0 bridgehead atoms. The molecule has 0 aliphatic rings. The third kappa shape index (κ3) is 2.98. The van der Waals surface area contributed by atoms with Crippen LogP contribution in [0.3, 0.4) is 0 Å². The first-order valence-corrected chi connectivity index (χ1v) is 6.67. The average Bonchev–Trinajstić information content (AvgIpc) is 2.31. The van der Waals surface area contributed by atoms with E-state index in [2.05, 4.69) is 15.9 Å². The van der Waals surface area contributed by atoms with Crippen molar-refractivity contribution in [2.45, 2.75) is 13.5 Å². The van der Waals surface area contributed by atoms with Gasteiger partial charge in [0.2, 0.25) is 0 Å². The highest BCUT2D eigenvalue weighted by molar-refractivity contribution is 9.10. The van der Waals surface area contributed by atoms with Crippen LogP contribution in [0.4, 0.5) is 5.69 Å². The van der Waals surface area contributed by atoms with Gasteiger partial charge in [0.25, 0.3) is 0 Å². The number of benzene rings is 2. The Morgan fingerprint density at radius 1 is 1.28 bits per heavy atom. The average molecular weight is 327 g/mol. The highest BCUT2D eigenvalue weighted by Gasteiger charge is 2.07. The zero-order chi connectivity index (χ0) is 13.1. The van der Waals surface area contributed by atoms with Crippen LogP contribution in [0.15, 0.2) is 40.9 Å². The fourth-order valence-corrected chi connectivity index (χ4v) is 2.39. The number of hydrogen-bond acceptors (Lipinski definition) is 2. The van der Waals surface area contributed by atoms with Gasteiger partial charge in [-0.25, -0.2) is 0 Å². The minimum absolute atomic E-state index is 0.385. The van der Waals surface area contributed by atoms with Crippen LogP contribution in [0, 0.1) is 6.92 Å². The smallest absolute Gasteiger partial charge is 0.138 e. The Bertz CT molecular complexity index is 551. The number of ether oxygens (including phenoxy) is 1. The van der Waals surface area contributed by atoms with Gasteiger partial charge >= 0.3 is 0 Å². The highest BCUT2D eigenvalue weighted by atomic mass is 79.9. The van der Waals surface area contributed by atoms with Crippen LogP contribution in [0.25, 0.3) is 0 Å². The van der Waals surface area contributed by atoms with Gasteiger partial charge < -0.3 is 10.5 Å². The number of hydrogen-bond donors (Lipinski definition) is 1. The first-order valence-electron chi connectivity index (χ1n) is 5.50. The molecule has 0 saturated heterocycles. The molecule has 2 aromatic rings. The number of aryl methyl sites for hydroxylation is 1. The molecule has 0 heterocycles. The summed E-state index contributed by atoms with van der Waals surface area (Å²) < 4.78 is 6.63. The van der Waals surface area contributed by atoms with Gasteiger partial charge in [0.15, 0.2) is 0 Å². The van der Waals surface area contributed by atoms with Gasteiger partial charge in [0, 0.05) is 15.7 Å². The zero-order valence-corrected chi connectivity index (χ0v) is 12.3. The zero-order valence-electron chi connectivity index (χ0n) is 9.91. The quantitative estimate of drug-likeness (QED) is 0.838. The summed E-state index contributed by atoms with van der Waals surface area (Å²) in [5, 5.41) is 0.612. The number of halogens is 2. The van der Waals surface area contributed by atoms with Gasteiger partial charge in [0.1, 0.15) is 12.4 Å². The molecule has 2 rings (SSSR count). The maximum absolute atomic E-state index is 6.11. The molecule has 0 unspecified atom stereocenters. The SMILES string of the molecule is Cc1ccc(OCc2c(N)cccc2Br)c(Cl)c1. The Kier molecular flexibility index (Phi) is 4.15. The Labute approximate surface area is 120 Å². The van der Waals surface area contributed by atoms with Crippen LogP contribution < -0.4 is 10.5 Å². The highest BCUT2D eigenvalue weighted by Crippen LogP contribution is 2.28. The lowest BCUT2D eigenvalue weighted by Gasteiger charge is -2.11. The van der Waals surface area contributed by atoms with Gasteiger partial charge in [-0.1, -0.05) is 39.7 Å². The van der Waals surface area contributed by atoms with Gasteiger partial charge in [-0.2, -0.15) is 0 Å². The number of anilines is 1. The Balaban J connectivity index is 2.16. The van der Waals surface area contributed by atoms with Crippen LogP contribution in [0.5, 0.6) is 5.75 Å². The Hall–Kier alpha value is -1.19. The maximum Gasteiger partial charge on any atom is 0.138 e. The normalized spacial score (nSPS) is 10.4. The van der Waals surface area contributed by atoms with Crippen LogP contribution in [-0.2, 0) is 6.61 Å². The molecule has 4 heteroatoms. The van der Waals surface area contributed by atoms with Crippen LogP contribution in [-0.4, -0.2) is 0 Å². The fourth-order valence-electron chi connectivity index (χ4n) is 1.60. The summed E-state index contributed by atoms with van der Waals surface area (Å²) in [7, 11) is 0. The number of rotatable bonds is 3. The van der Waals surface area contributed by atoms with E-state index in [1.165, 1.54) is 0 Å². The second-order valence-corrected chi connectivity index (χ2v) is 5.29. The second-order valence-electron chi connectivity index (χ2n) is 4.03. The summed E-state index contributed by atoms with van der Waals surface area (Å²) in [6.07, 6.45) is 0. The molecule has 0 aromatic heterocycles. The van der Waals surface area contributed by atoms with E-state index >= 15 is 0 Å². The summed E-state index contributed by atoms with van der Waals surface area (Å²) in [6.45, 7) is 2.37. The van der Waals surface area contributed by atoms with Crippen molar-refractivity contribution in [2.75, 3.05) is 5.73 Å². The first kappa shape index (κ1) is 13.2. The molecule has 0 amide bonds. The third-order valence-corrected chi connectivity index (χ3v) is 3.65. The second kappa shape index (κ2) is 5.63. The predicted octanol–water partition coefficient (Wildman–Crippen LogP) is 4.57. The molecule has 2 aromatic carbocycles. The lowest BCUT2D eigenvalue weighted by atomic mass is 10.2. The molecule has 0 fully saturated rings. The summed E-state index contributed by atoms with van der Waals surface area (Å²) in [5.41, 5.74) is 8.64. The summed E-state index contributed by atoms with van der Waals surface area (Å²) in [6, 6.07) is 11.4. The molecule has 0 aliphatic carbocycles. The molecular formula is C14H13BrClNO. The molecule has 0 saturated carbocycles. The molecular weight excluding hydrogens is 314 g/mol. The van der Waals surface area contributed by atoms with Crippen LogP contribution in [0.2, 0.25) is 5.02 Å². The van der Waals surface area contributed by atoms with Gasteiger partial charge in [-0.3, -0.25) is 0 Å². The first-order chi connectivity index (χ1) is 8.58. The van der Waals surface area contributed by atoms with Crippen LogP contribution in [0.1, 0.15) is 11.1 Å². The third-order valence-electron chi connectivity index (χ3n) is 2.61. The van der Waals surface area contributed by atoms with Crippen molar-refractivity contribution in [1.82, 2.24) is 0 Å². The van der Waals surface area contributed by atoms with E-state index in [4.69, 9.17) is 22.1 Å². The van der Waals surface area contributed by atoms with E-state index in [0.29, 0.717) is 23.1 Å². The fraction of sp³-hybridized carbons (Fsp3) is 0.143. The Morgan fingerprint density at radius 3 is 2.72 bits per heavy atom. The van der Waals surface area contributed by atoms with Gasteiger partial charge in [-0.05, 0) is 36.8 Å². The monoisotopic (exact) mass is 325 g/mol. The Morgan fingerprint density at radius 2 is 2.06 bits per heavy atom. The van der Waals surface area contributed by atoms with Crippen molar-refractivity contribution in [1.29, 1.82) is 0 Å². The molecule has 18 heavy (non-hydrogen) atoms. The van der Waals surface area contributed by atoms with Gasteiger partial charge in [-0.15, -0.1) is 0 Å². The van der Waals surface area contributed by atoms with E-state index < -0.39 is 0 Å². The van der Waals surface area contributed by atoms with E-state index in [1.54, 1.807) is 0 Å². The molecule has 94 valence electrons. The van der Waals surface area contributed by atoms with Crippen molar-refractivity contribution in [3.05, 3.63) is 57.0 Å². The minimum Gasteiger partial charge on any atom is -0.487 e. The minimum atomic E-state index is 0.385. The van der Waals surface area contributed by atoms with E-state index in [0.717, 1.165) is 15.6 Å². The number of nitrogen functional groups attached to an aromatic ring is 1. The van der Waals surface area contributed by atoms with Crippen molar-refractivity contribution < 1.29 is 4.74 Å². The largest absolute Gasteiger partial charge is 0.487 e. The van der Waals surface area contributed by atoms with E-state index in [1.807, 2.05) is 43.3 Å². The van der Waals surface area contributed by atoms with Crippen molar-refractivity contribution in [2.24, 2.45) is 0 Å². The molecule has 0 atom stereocenters. The molecule has 2 N–H and O–H groups in total. The van der Waals surface area contributed by atoms with Gasteiger partial charge in [0.05, 0.1) is 5.02 Å². The van der Waals surface area contributed by atoms with Crippen LogP contribution >= 0.6 is 27.5 Å². The van der Waals surface area contributed by atoms with Crippen molar-refractivity contribution in [3.8, 4) is 5.75 Å². The van der Waals surface area contributed by atoms with E-state index in [-0.39, 0.29) is 0 Å². The summed E-state index contributed by atoms with van der Waals surface area (Å²) >= 11 is 9.57. The lowest BCUT2D eigenvalue weighted by Crippen LogP contribution is -2.01. The molecule has 0 aliphatic heterocycles. The molecule has 0 spiro atoms. The lowest BCUT2D eigenvalue weighted by molar-refractivity contribution is 0.306. The molecule has 2 nitrogen and oxygen atoms in total. The summed E-state index contributed by atoms with van der Waals surface area (Å²) in [4.78, 5) is 0. The topological polar surface area (TPSA) is 35.2 Å². The van der Waals surface area contributed by atoms with E-state index in [9.17, 15) is 0 Å². The number of nitrogens with two attached hydrogens (primary N) is 1. The maximum atomic E-state index is 6.11. The van der Waals surface area contributed by atoms with Crippen molar-refractivity contribution in [3.63, 3.8) is 0 Å². The predicted molar refractivity (Wildman–Crippen MR) is 79.1 cm³/mol. The molecule has 0 radical (unpaired) electrons. The summed E-state index contributed by atoms with van der Waals surface area (Å²) in [5.74, 6) is 0.664. The van der Waals surface area contributed by atoms with Crippen molar-refractivity contribution >= 4 is 33.2 Å². The standard InChI is InChI=1S/C14H13BrClNO/c1-9-5-6-14(12(16)7-9)18-8-10-11(15)3-2-4-13(10)17/h2-7H,8,17H2,1H3.